The summed E-state index contributed by atoms with van der Waals surface area (Å²) < 4.78 is 5.72. The van der Waals surface area contributed by atoms with Crippen LogP contribution in [0, 0.1) is 11.8 Å². The molecule has 0 aromatic carbocycles. The predicted molar refractivity (Wildman–Crippen MR) is 69.8 cm³/mol. The number of ether oxygens (including phenoxy) is 1. The van der Waals surface area contributed by atoms with Crippen molar-refractivity contribution in [2.45, 2.75) is 59.0 Å². The second-order valence-corrected chi connectivity index (χ2v) is 5.74. The summed E-state index contributed by atoms with van der Waals surface area (Å²) in [6.45, 7) is 10.2. The summed E-state index contributed by atoms with van der Waals surface area (Å²) in [7, 11) is 0. The molecule has 0 aromatic rings. The van der Waals surface area contributed by atoms with Gasteiger partial charge in [0, 0.05) is 5.92 Å². The van der Waals surface area contributed by atoms with Gasteiger partial charge in [-0.2, -0.15) is 0 Å². The smallest absolute Gasteiger partial charge is 0.309 e. The van der Waals surface area contributed by atoms with Gasteiger partial charge >= 0.3 is 5.97 Å². The van der Waals surface area contributed by atoms with Crippen LogP contribution in [-0.2, 0) is 9.53 Å². The number of rotatable bonds is 5. The molecule has 0 amide bonds. The molecule has 1 atom stereocenters. The van der Waals surface area contributed by atoms with Crippen molar-refractivity contribution in [3.63, 3.8) is 0 Å². The van der Waals surface area contributed by atoms with Gasteiger partial charge < -0.3 is 10.1 Å². The number of hydrogen-bond acceptors (Lipinski definition) is 3. The van der Waals surface area contributed by atoms with Crippen LogP contribution in [0.5, 0.6) is 0 Å². The molecule has 1 N–H and O–H groups in total. The van der Waals surface area contributed by atoms with Crippen LogP contribution in [0.4, 0.5) is 0 Å². The summed E-state index contributed by atoms with van der Waals surface area (Å²) in [5.41, 5.74) is -0.318. The molecule has 1 fully saturated rings. The third-order valence-corrected chi connectivity index (χ3v) is 3.81. The molecule has 100 valence electrons. The summed E-state index contributed by atoms with van der Waals surface area (Å²) in [6, 6.07) is 0. The van der Waals surface area contributed by atoms with E-state index < -0.39 is 0 Å². The van der Waals surface area contributed by atoms with Crippen LogP contribution in [-0.4, -0.2) is 24.7 Å². The Labute approximate surface area is 105 Å². The number of piperidine rings is 1. The molecule has 17 heavy (non-hydrogen) atoms. The molecule has 0 saturated carbocycles. The third kappa shape index (κ3) is 4.30. The van der Waals surface area contributed by atoms with E-state index in [1.807, 2.05) is 6.92 Å². The molecular formula is C14H27NO2. The molecule has 0 radical (unpaired) electrons. The molecule has 1 unspecified atom stereocenters. The van der Waals surface area contributed by atoms with Crippen molar-refractivity contribution in [3.05, 3.63) is 0 Å². The Hall–Kier alpha value is -0.570. The second kappa shape index (κ2) is 6.39. The first-order chi connectivity index (χ1) is 7.97. The molecule has 3 heteroatoms. The number of carbonyl (C=O) groups excluding carboxylic acids is 1. The third-order valence-electron chi connectivity index (χ3n) is 3.81. The lowest BCUT2D eigenvalue weighted by molar-refractivity contribution is -0.167. The van der Waals surface area contributed by atoms with Crippen molar-refractivity contribution < 1.29 is 9.53 Å². The van der Waals surface area contributed by atoms with E-state index in [1.165, 1.54) is 0 Å². The van der Waals surface area contributed by atoms with Crippen LogP contribution in [0.25, 0.3) is 0 Å². The standard InChI is InChI=1S/C14H27NO2/c1-5-6-11(2)13(16)17-14(3,4)12-7-9-15-10-8-12/h11-12,15H,5-10H2,1-4H3. The summed E-state index contributed by atoms with van der Waals surface area (Å²) in [5.74, 6) is 0.484. The predicted octanol–water partition coefficient (Wildman–Crippen LogP) is 2.74. The van der Waals surface area contributed by atoms with Crippen molar-refractivity contribution in [2.24, 2.45) is 11.8 Å². The molecule has 0 aliphatic carbocycles. The van der Waals surface area contributed by atoms with Gasteiger partial charge in [0.2, 0.25) is 0 Å². The van der Waals surface area contributed by atoms with Crippen LogP contribution in [0.1, 0.15) is 53.4 Å². The van der Waals surface area contributed by atoms with E-state index in [-0.39, 0.29) is 17.5 Å². The van der Waals surface area contributed by atoms with Gasteiger partial charge in [0.15, 0.2) is 0 Å². The zero-order valence-corrected chi connectivity index (χ0v) is 11.7. The van der Waals surface area contributed by atoms with E-state index in [0.717, 1.165) is 38.8 Å². The topological polar surface area (TPSA) is 38.3 Å². The highest BCUT2D eigenvalue weighted by atomic mass is 16.6. The van der Waals surface area contributed by atoms with Gasteiger partial charge in [0.1, 0.15) is 5.60 Å². The van der Waals surface area contributed by atoms with Gasteiger partial charge in [-0.3, -0.25) is 4.79 Å². The van der Waals surface area contributed by atoms with Crippen LogP contribution in [0.3, 0.4) is 0 Å². The molecule has 1 aliphatic heterocycles. The second-order valence-electron chi connectivity index (χ2n) is 5.74. The molecule has 0 bridgehead atoms. The largest absolute Gasteiger partial charge is 0.459 e. The van der Waals surface area contributed by atoms with Crippen LogP contribution >= 0.6 is 0 Å². The van der Waals surface area contributed by atoms with Crippen LogP contribution in [0.15, 0.2) is 0 Å². The summed E-state index contributed by atoms with van der Waals surface area (Å²) in [6.07, 6.45) is 4.15. The van der Waals surface area contributed by atoms with Crippen LogP contribution < -0.4 is 5.32 Å². The SMILES string of the molecule is CCCC(C)C(=O)OC(C)(C)C1CCNCC1. The molecule has 1 rings (SSSR count). The van der Waals surface area contributed by atoms with Gasteiger partial charge in [-0.1, -0.05) is 20.3 Å². The minimum absolute atomic E-state index is 0.0287. The highest BCUT2D eigenvalue weighted by Gasteiger charge is 2.34. The minimum atomic E-state index is -0.318. The molecule has 1 saturated heterocycles. The van der Waals surface area contributed by atoms with Crippen molar-refractivity contribution in [2.75, 3.05) is 13.1 Å². The van der Waals surface area contributed by atoms with Crippen molar-refractivity contribution in [1.82, 2.24) is 5.32 Å². The molecule has 1 heterocycles. The van der Waals surface area contributed by atoms with E-state index in [0.29, 0.717) is 5.92 Å². The lowest BCUT2D eigenvalue weighted by Gasteiger charge is -2.37. The van der Waals surface area contributed by atoms with E-state index in [1.54, 1.807) is 0 Å². The minimum Gasteiger partial charge on any atom is -0.459 e. The first-order valence-electron chi connectivity index (χ1n) is 6.91. The van der Waals surface area contributed by atoms with Crippen LogP contribution in [0.2, 0.25) is 0 Å². The molecule has 1 aliphatic rings. The lowest BCUT2D eigenvalue weighted by atomic mass is 9.83. The fourth-order valence-electron chi connectivity index (χ4n) is 2.51. The summed E-state index contributed by atoms with van der Waals surface area (Å²) in [5, 5.41) is 3.34. The lowest BCUT2D eigenvalue weighted by Crippen LogP contribution is -2.43. The maximum atomic E-state index is 12.0. The van der Waals surface area contributed by atoms with E-state index in [2.05, 4.69) is 26.1 Å². The Bertz CT molecular complexity index is 245. The Morgan fingerprint density at radius 1 is 1.41 bits per heavy atom. The highest BCUT2D eigenvalue weighted by Crippen LogP contribution is 2.30. The summed E-state index contributed by atoms with van der Waals surface area (Å²) in [4.78, 5) is 12.0. The first-order valence-corrected chi connectivity index (χ1v) is 6.91. The number of carbonyl (C=O) groups is 1. The Morgan fingerprint density at radius 2 is 2.00 bits per heavy atom. The van der Waals surface area contributed by atoms with Gasteiger partial charge in [-0.15, -0.1) is 0 Å². The maximum absolute atomic E-state index is 12.0. The Morgan fingerprint density at radius 3 is 2.53 bits per heavy atom. The Kier molecular flexibility index (Phi) is 5.44. The summed E-state index contributed by atoms with van der Waals surface area (Å²) >= 11 is 0. The fraction of sp³-hybridized carbons (Fsp3) is 0.929. The highest BCUT2D eigenvalue weighted by molar-refractivity contribution is 5.72. The molecule has 3 nitrogen and oxygen atoms in total. The molecule has 0 aromatic heterocycles. The van der Waals surface area contributed by atoms with Crippen molar-refractivity contribution >= 4 is 5.97 Å². The molecule has 0 spiro atoms. The normalized spacial score (nSPS) is 20.0. The fourth-order valence-corrected chi connectivity index (χ4v) is 2.51. The van der Waals surface area contributed by atoms with Crippen molar-refractivity contribution in [3.8, 4) is 0 Å². The van der Waals surface area contributed by atoms with E-state index >= 15 is 0 Å². The first kappa shape index (κ1) is 14.5. The quantitative estimate of drug-likeness (QED) is 0.752. The average Bonchev–Trinajstić information content (AvgIpc) is 2.30. The average molecular weight is 241 g/mol. The van der Waals surface area contributed by atoms with Crippen molar-refractivity contribution in [1.29, 1.82) is 0 Å². The van der Waals surface area contributed by atoms with Gasteiger partial charge in [0.25, 0.3) is 0 Å². The maximum Gasteiger partial charge on any atom is 0.309 e. The van der Waals surface area contributed by atoms with E-state index in [9.17, 15) is 4.79 Å². The zero-order chi connectivity index (χ0) is 12.9. The number of hydrogen-bond donors (Lipinski definition) is 1. The number of nitrogens with one attached hydrogen (secondary N) is 1. The van der Waals surface area contributed by atoms with E-state index in [4.69, 9.17) is 4.74 Å². The zero-order valence-electron chi connectivity index (χ0n) is 11.7. The number of esters is 1. The Balaban J connectivity index is 2.49. The van der Waals surface area contributed by atoms with Gasteiger partial charge in [-0.25, -0.2) is 0 Å². The molecular weight excluding hydrogens is 214 g/mol. The van der Waals surface area contributed by atoms with Gasteiger partial charge in [0.05, 0.1) is 5.92 Å². The van der Waals surface area contributed by atoms with Gasteiger partial charge in [-0.05, 0) is 46.2 Å². The monoisotopic (exact) mass is 241 g/mol.